The maximum absolute atomic E-state index is 5.42. The third kappa shape index (κ3) is 3.45. The quantitative estimate of drug-likeness (QED) is 0.638. The van der Waals surface area contributed by atoms with Crippen LogP contribution in [0, 0.1) is 6.92 Å². The molecule has 0 saturated carbocycles. The zero-order valence-corrected chi connectivity index (χ0v) is 11.4. The molecule has 1 heterocycles. The molecular weight excluding hydrogens is 236 g/mol. The summed E-state index contributed by atoms with van der Waals surface area (Å²) in [5.74, 6) is 5.42. The second-order valence-corrected chi connectivity index (χ2v) is 4.53. The number of rotatable bonds is 5. The van der Waals surface area contributed by atoms with Gasteiger partial charge in [-0.25, -0.2) is 0 Å². The molecule has 0 saturated heterocycles. The third-order valence-electron chi connectivity index (χ3n) is 3.12. The highest BCUT2D eigenvalue weighted by molar-refractivity contribution is 5.49. The first-order valence-electron chi connectivity index (χ1n) is 6.46. The molecule has 3 N–H and O–H groups in total. The Bertz CT molecular complexity index is 522. The lowest BCUT2D eigenvalue weighted by molar-refractivity contribution is 0.809. The number of nitrogens with zero attached hydrogens (tertiary/aromatic N) is 2. The lowest BCUT2D eigenvalue weighted by Gasteiger charge is -2.23. The molecule has 0 aliphatic heterocycles. The first-order chi connectivity index (χ1) is 9.22. The molecule has 1 aromatic heterocycles. The van der Waals surface area contributed by atoms with E-state index in [-0.39, 0.29) is 0 Å². The summed E-state index contributed by atoms with van der Waals surface area (Å²) in [7, 11) is 0. The molecule has 0 aliphatic carbocycles. The maximum atomic E-state index is 5.42. The summed E-state index contributed by atoms with van der Waals surface area (Å²) in [6.45, 7) is 5.95. The van der Waals surface area contributed by atoms with Crippen molar-refractivity contribution in [3.05, 3.63) is 53.9 Å². The molecule has 100 valence electrons. The van der Waals surface area contributed by atoms with Crippen molar-refractivity contribution in [2.75, 3.05) is 16.9 Å². The van der Waals surface area contributed by atoms with Crippen LogP contribution >= 0.6 is 0 Å². The van der Waals surface area contributed by atoms with E-state index in [1.165, 1.54) is 11.3 Å². The van der Waals surface area contributed by atoms with Crippen molar-refractivity contribution >= 4 is 11.4 Å². The molecule has 0 spiro atoms. The number of anilines is 2. The van der Waals surface area contributed by atoms with Crippen LogP contribution in [0.1, 0.15) is 18.2 Å². The highest BCUT2D eigenvalue weighted by Crippen LogP contribution is 2.18. The lowest BCUT2D eigenvalue weighted by atomic mass is 10.2. The minimum atomic E-state index is 0.773. The summed E-state index contributed by atoms with van der Waals surface area (Å²) in [6, 6.07) is 12.4. The second-order valence-electron chi connectivity index (χ2n) is 4.53. The normalized spacial score (nSPS) is 10.3. The van der Waals surface area contributed by atoms with Crippen LogP contribution in [0.3, 0.4) is 0 Å². The number of pyridine rings is 1. The van der Waals surface area contributed by atoms with Gasteiger partial charge in [0.15, 0.2) is 0 Å². The van der Waals surface area contributed by atoms with Crippen LogP contribution in [-0.4, -0.2) is 11.5 Å². The van der Waals surface area contributed by atoms with Crippen LogP contribution in [0.2, 0.25) is 0 Å². The minimum absolute atomic E-state index is 0.773. The fourth-order valence-electron chi connectivity index (χ4n) is 1.99. The Labute approximate surface area is 114 Å². The van der Waals surface area contributed by atoms with E-state index in [1.54, 1.807) is 6.20 Å². The van der Waals surface area contributed by atoms with Crippen LogP contribution in [0.25, 0.3) is 0 Å². The fraction of sp³-hybridized carbons (Fsp3) is 0.267. The minimum Gasteiger partial charge on any atom is -0.366 e. The second kappa shape index (κ2) is 6.20. The summed E-state index contributed by atoms with van der Waals surface area (Å²) < 4.78 is 0. The molecule has 4 heteroatoms. The molecule has 2 rings (SSSR count). The number of hydrazine groups is 1. The number of nitrogens with two attached hydrogens (primary N) is 1. The molecule has 0 atom stereocenters. The van der Waals surface area contributed by atoms with Gasteiger partial charge in [0.2, 0.25) is 0 Å². The Morgan fingerprint density at radius 2 is 1.95 bits per heavy atom. The van der Waals surface area contributed by atoms with Crippen molar-refractivity contribution < 1.29 is 0 Å². The molecular formula is C15H20N4. The summed E-state index contributed by atoms with van der Waals surface area (Å²) in [5, 5.41) is 0. The van der Waals surface area contributed by atoms with Gasteiger partial charge < -0.3 is 10.3 Å². The molecule has 19 heavy (non-hydrogen) atoms. The summed E-state index contributed by atoms with van der Waals surface area (Å²) in [6.07, 6.45) is 1.77. The van der Waals surface area contributed by atoms with E-state index in [0.717, 1.165) is 24.5 Å². The van der Waals surface area contributed by atoms with Gasteiger partial charge >= 0.3 is 0 Å². The first kappa shape index (κ1) is 13.4. The Morgan fingerprint density at radius 1 is 1.21 bits per heavy atom. The van der Waals surface area contributed by atoms with Gasteiger partial charge in [0.1, 0.15) is 0 Å². The van der Waals surface area contributed by atoms with E-state index in [0.29, 0.717) is 0 Å². The van der Waals surface area contributed by atoms with Crippen LogP contribution < -0.4 is 16.2 Å². The molecule has 0 amide bonds. The summed E-state index contributed by atoms with van der Waals surface area (Å²) in [5.41, 5.74) is 7.00. The summed E-state index contributed by atoms with van der Waals surface area (Å²) in [4.78, 5) is 6.66. The Balaban J connectivity index is 2.16. The van der Waals surface area contributed by atoms with Gasteiger partial charge in [-0.3, -0.25) is 10.8 Å². The number of benzene rings is 1. The average molecular weight is 256 g/mol. The summed E-state index contributed by atoms with van der Waals surface area (Å²) >= 11 is 0. The molecule has 0 bridgehead atoms. The number of aromatic nitrogens is 1. The lowest BCUT2D eigenvalue weighted by Crippen LogP contribution is -2.22. The number of nitrogen functional groups attached to an aromatic ring is 1. The number of hydrogen-bond acceptors (Lipinski definition) is 4. The Morgan fingerprint density at radius 3 is 2.58 bits per heavy atom. The molecule has 2 aromatic rings. The van der Waals surface area contributed by atoms with Gasteiger partial charge in [0.05, 0.1) is 17.9 Å². The first-order valence-corrected chi connectivity index (χ1v) is 6.46. The zero-order chi connectivity index (χ0) is 13.7. The van der Waals surface area contributed by atoms with Crippen LogP contribution in [0.4, 0.5) is 11.4 Å². The molecule has 0 unspecified atom stereocenters. The van der Waals surface area contributed by atoms with Crippen molar-refractivity contribution in [1.29, 1.82) is 0 Å². The van der Waals surface area contributed by atoms with Gasteiger partial charge in [-0.1, -0.05) is 17.7 Å². The van der Waals surface area contributed by atoms with Gasteiger partial charge in [0.25, 0.3) is 0 Å². The number of aryl methyl sites for hydroxylation is 1. The largest absolute Gasteiger partial charge is 0.366 e. The van der Waals surface area contributed by atoms with Crippen molar-refractivity contribution in [2.24, 2.45) is 5.84 Å². The molecule has 4 nitrogen and oxygen atoms in total. The highest BCUT2D eigenvalue weighted by Gasteiger charge is 2.06. The van der Waals surface area contributed by atoms with E-state index in [9.17, 15) is 0 Å². The van der Waals surface area contributed by atoms with Crippen molar-refractivity contribution in [2.45, 2.75) is 20.4 Å². The fourth-order valence-corrected chi connectivity index (χ4v) is 1.99. The van der Waals surface area contributed by atoms with Gasteiger partial charge in [-0.15, -0.1) is 0 Å². The van der Waals surface area contributed by atoms with Crippen LogP contribution in [-0.2, 0) is 6.54 Å². The molecule has 0 aliphatic rings. The monoisotopic (exact) mass is 256 g/mol. The highest BCUT2D eigenvalue weighted by atomic mass is 15.2. The Hall–Kier alpha value is -2.07. The maximum Gasteiger partial charge on any atom is 0.0617 e. The number of hydrogen-bond donors (Lipinski definition) is 2. The van der Waals surface area contributed by atoms with E-state index >= 15 is 0 Å². The standard InChI is InChI=1S/C15H20N4/c1-3-19(15-6-4-12(2)5-7-15)11-14-10-13(18-16)8-9-17-14/h4-10H,3,11,16H2,1-2H3,(H,17,18). The van der Waals surface area contributed by atoms with Gasteiger partial charge in [0, 0.05) is 18.4 Å². The van der Waals surface area contributed by atoms with Crippen LogP contribution in [0.15, 0.2) is 42.6 Å². The van der Waals surface area contributed by atoms with Crippen LogP contribution in [0.5, 0.6) is 0 Å². The predicted octanol–water partition coefficient (Wildman–Crippen LogP) is 2.70. The van der Waals surface area contributed by atoms with E-state index < -0.39 is 0 Å². The molecule has 1 aromatic carbocycles. The van der Waals surface area contributed by atoms with E-state index in [1.807, 2.05) is 12.1 Å². The topological polar surface area (TPSA) is 54.2 Å². The Kier molecular flexibility index (Phi) is 4.36. The zero-order valence-electron chi connectivity index (χ0n) is 11.4. The molecule has 0 fully saturated rings. The smallest absolute Gasteiger partial charge is 0.0617 e. The van der Waals surface area contributed by atoms with E-state index in [4.69, 9.17) is 5.84 Å². The molecule has 0 radical (unpaired) electrons. The van der Waals surface area contributed by atoms with Crippen molar-refractivity contribution in [1.82, 2.24) is 4.98 Å². The van der Waals surface area contributed by atoms with Crippen molar-refractivity contribution in [3.63, 3.8) is 0 Å². The van der Waals surface area contributed by atoms with Crippen molar-refractivity contribution in [3.8, 4) is 0 Å². The van der Waals surface area contributed by atoms with Gasteiger partial charge in [-0.05, 0) is 38.1 Å². The number of nitrogens with one attached hydrogen (secondary N) is 1. The van der Waals surface area contributed by atoms with Gasteiger partial charge in [-0.2, -0.15) is 0 Å². The predicted molar refractivity (Wildman–Crippen MR) is 80.0 cm³/mol. The third-order valence-corrected chi connectivity index (χ3v) is 3.12. The van der Waals surface area contributed by atoms with E-state index in [2.05, 4.69) is 53.4 Å². The SMILES string of the molecule is CCN(Cc1cc(NN)ccn1)c1ccc(C)cc1. The average Bonchev–Trinajstić information content (AvgIpc) is 2.46.